The summed E-state index contributed by atoms with van der Waals surface area (Å²) in [6, 6.07) is 3.46. The molecule has 0 radical (unpaired) electrons. The Bertz CT molecular complexity index is 352. The largest absolute Gasteiger partial charge is 0.508 e. The van der Waals surface area contributed by atoms with Gasteiger partial charge in [0.05, 0.1) is 6.04 Å². The van der Waals surface area contributed by atoms with E-state index in [-0.39, 0.29) is 11.7 Å². The van der Waals surface area contributed by atoms with Crippen LogP contribution in [-0.2, 0) is 4.79 Å². The van der Waals surface area contributed by atoms with Crippen LogP contribution in [0.15, 0.2) is 18.2 Å². The molecule has 0 fully saturated rings. The van der Waals surface area contributed by atoms with E-state index in [2.05, 4.69) is 5.32 Å². The highest BCUT2D eigenvalue weighted by molar-refractivity contribution is 5.73. The lowest BCUT2D eigenvalue weighted by atomic mass is 10.1. The van der Waals surface area contributed by atoms with Crippen LogP contribution in [0.25, 0.3) is 0 Å². The molecule has 1 aromatic rings. The fourth-order valence-corrected chi connectivity index (χ4v) is 1.25. The predicted molar refractivity (Wildman–Crippen MR) is 50.3 cm³/mol. The van der Waals surface area contributed by atoms with Gasteiger partial charge in [-0.25, -0.2) is 4.39 Å². The number of amides is 1. The van der Waals surface area contributed by atoms with Crippen LogP contribution in [0.3, 0.4) is 0 Å². The molecule has 1 atom stereocenters. The van der Waals surface area contributed by atoms with Crippen molar-refractivity contribution in [3.8, 4) is 5.75 Å². The van der Waals surface area contributed by atoms with Crippen molar-refractivity contribution in [1.82, 2.24) is 5.32 Å². The molecule has 1 unspecified atom stereocenters. The van der Waals surface area contributed by atoms with E-state index in [4.69, 9.17) is 5.11 Å². The number of benzene rings is 1. The summed E-state index contributed by atoms with van der Waals surface area (Å²) < 4.78 is 13.2. The van der Waals surface area contributed by atoms with Crippen molar-refractivity contribution < 1.29 is 14.3 Å². The average Bonchev–Trinajstić information content (AvgIpc) is 2.01. The lowest BCUT2D eigenvalue weighted by molar-refractivity contribution is -0.119. The lowest BCUT2D eigenvalue weighted by Gasteiger charge is -2.13. The normalized spacial score (nSPS) is 12.2. The molecule has 2 N–H and O–H groups in total. The highest BCUT2D eigenvalue weighted by atomic mass is 19.1. The SMILES string of the molecule is CC(=O)NC(C)c1ccc(O)cc1F. The van der Waals surface area contributed by atoms with Crippen molar-refractivity contribution in [2.45, 2.75) is 19.9 Å². The summed E-state index contributed by atoms with van der Waals surface area (Å²) in [7, 11) is 0. The zero-order valence-corrected chi connectivity index (χ0v) is 8.04. The average molecular weight is 197 g/mol. The number of halogens is 1. The number of phenolic OH excluding ortho intramolecular Hbond substituents is 1. The number of carbonyl (C=O) groups excluding carboxylic acids is 1. The second-order valence-corrected chi connectivity index (χ2v) is 3.13. The molecular weight excluding hydrogens is 185 g/mol. The van der Waals surface area contributed by atoms with Crippen LogP contribution in [0.4, 0.5) is 4.39 Å². The topological polar surface area (TPSA) is 49.3 Å². The summed E-state index contributed by atoms with van der Waals surface area (Å²) in [6.07, 6.45) is 0. The van der Waals surface area contributed by atoms with Crippen LogP contribution >= 0.6 is 0 Å². The first-order chi connectivity index (χ1) is 6.50. The van der Waals surface area contributed by atoms with E-state index < -0.39 is 11.9 Å². The van der Waals surface area contributed by atoms with Crippen LogP contribution in [0, 0.1) is 5.82 Å². The van der Waals surface area contributed by atoms with E-state index in [1.807, 2.05) is 0 Å². The van der Waals surface area contributed by atoms with Crippen molar-refractivity contribution >= 4 is 5.91 Å². The van der Waals surface area contributed by atoms with Crippen molar-refractivity contribution in [1.29, 1.82) is 0 Å². The molecule has 3 nitrogen and oxygen atoms in total. The van der Waals surface area contributed by atoms with Gasteiger partial charge >= 0.3 is 0 Å². The van der Waals surface area contributed by atoms with E-state index in [9.17, 15) is 9.18 Å². The van der Waals surface area contributed by atoms with Gasteiger partial charge in [-0.05, 0) is 13.0 Å². The van der Waals surface area contributed by atoms with Gasteiger partial charge in [-0.2, -0.15) is 0 Å². The van der Waals surface area contributed by atoms with Gasteiger partial charge in [-0.3, -0.25) is 4.79 Å². The van der Waals surface area contributed by atoms with Gasteiger partial charge in [0.15, 0.2) is 0 Å². The van der Waals surface area contributed by atoms with Crippen molar-refractivity contribution in [3.63, 3.8) is 0 Å². The standard InChI is InChI=1S/C10H12FNO2/c1-6(12-7(2)13)9-4-3-8(14)5-10(9)11/h3-6,14H,1-2H3,(H,12,13). The second kappa shape index (κ2) is 4.09. The molecular formula is C10H12FNO2. The third-order valence-electron chi connectivity index (χ3n) is 1.87. The van der Waals surface area contributed by atoms with E-state index in [0.29, 0.717) is 5.56 Å². The van der Waals surface area contributed by atoms with Gasteiger partial charge < -0.3 is 10.4 Å². The minimum Gasteiger partial charge on any atom is -0.508 e. The van der Waals surface area contributed by atoms with Gasteiger partial charge in [0.25, 0.3) is 0 Å². The Morgan fingerprint density at radius 2 is 2.21 bits per heavy atom. The Morgan fingerprint density at radius 1 is 1.57 bits per heavy atom. The van der Waals surface area contributed by atoms with E-state index in [1.54, 1.807) is 6.92 Å². The highest BCUT2D eigenvalue weighted by Gasteiger charge is 2.11. The molecule has 1 amide bonds. The summed E-state index contributed by atoms with van der Waals surface area (Å²) in [4.78, 5) is 10.7. The van der Waals surface area contributed by atoms with Crippen LogP contribution < -0.4 is 5.32 Å². The molecule has 0 aliphatic carbocycles. The van der Waals surface area contributed by atoms with Crippen LogP contribution in [0.1, 0.15) is 25.5 Å². The fourth-order valence-electron chi connectivity index (χ4n) is 1.25. The molecule has 0 aromatic heterocycles. The van der Waals surface area contributed by atoms with Gasteiger partial charge in [-0.15, -0.1) is 0 Å². The summed E-state index contributed by atoms with van der Waals surface area (Å²) in [5, 5.41) is 11.5. The second-order valence-electron chi connectivity index (χ2n) is 3.13. The van der Waals surface area contributed by atoms with Crippen molar-refractivity contribution in [3.05, 3.63) is 29.6 Å². The minimum atomic E-state index is -0.522. The van der Waals surface area contributed by atoms with Gasteiger partial charge in [0, 0.05) is 18.6 Å². The number of carbonyl (C=O) groups is 1. The Kier molecular flexibility index (Phi) is 3.06. The molecule has 76 valence electrons. The molecule has 0 spiro atoms. The minimum absolute atomic E-state index is 0.124. The summed E-state index contributed by atoms with van der Waals surface area (Å²) in [5.74, 6) is -0.863. The monoisotopic (exact) mass is 197 g/mol. The first-order valence-corrected chi connectivity index (χ1v) is 4.26. The Hall–Kier alpha value is -1.58. The Balaban J connectivity index is 2.90. The van der Waals surface area contributed by atoms with Gasteiger partial charge in [0.2, 0.25) is 5.91 Å². The van der Waals surface area contributed by atoms with Crippen LogP contribution in [-0.4, -0.2) is 11.0 Å². The van der Waals surface area contributed by atoms with Gasteiger partial charge in [0.1, 0.15) is 11.6 Å². The number of hydrogen-bond acceptors (Lipinski definition) is 2. The zero-order valence-electron chi connectivity index (χ0n) is 8.04. The summed E-state index contributed by atoms with van der Waals surface area (Å²) >= 11 is 0. The maximum Gasteiger partial charge on any atom is 0.217 e. The smallest absolute Gasteiger partial charge is 0.217 e. The Morgan fingerprint density at radius 3 is 2.71 bits per heavy atom. The highest BCUT2D eigenvalue weighted by Crippen LogP contribution is 2.20. The zero-order chi connectivity index (χ0) is 10.7. The molecule has 1 rings (SSSR count). The predicted octanol–water partition coefficient (Wildman–Crippen LogP) is 1.73. The quantitative estimate of drug-likeness (QED) is 0.758. The number of rotatable bonds is 2. The molecule has 4 heteroatoms. The molecule has 14 heavy (non-hydrogen) atoms. The molecule has 0 saturated carbocycles. The summed E-state index contributed by atoms with van der Waals surface area (Å²) in [6.45, 7) is 3.05. The molecule has 0 heterocycles. The first kappa shape index (κ1) is 10.5. The van der Waals surface area contributed by atoms with E-state index >= 15 is 0 Å². The maximum atomic E-state index is 13.2. The van der Waals surface area contributed by atoms with Crippen molar-refractivity contribution in [2.24, 2.45) is 0 Å². The first-order valence-electron chi connectivity index (χ1n) is 4.26. The van der Waals surface area contributed by atoms with E-state index in [1.165, 1.54) is 19.1 Å². The van der Waals surface area contributed by atoms with Crippen molar-refractivity contribution in [2.75, 3.05) is 0 Å². The molecule has 0 aliphatic rings. The van der Waals surface area contributed by atoms with E-state index in [0.717, 1.165) is 6.07 Å². The molecule has 1 aromatic carbocycles. The summed E-state index contributed by atoms with van der Waals surface area (Å²) in [5.41, 5.74) is 0.359. The fraction of sp³-hybridized carbons (Fsp3) is 0.300. The number of phenols is 1. The lowest BCUT2D eigenvalue weighted by Crippen LogP contribution is -2.24. The van der Waals surface area contributed by atoms with Crippen LogP contribution in [0.5, 0.6) is 5.75 Å². The third-order valence-corrected chi connectivity index (χ3v) is 1.87. The number of aromatic hydroxyl groups is 1. The third kappa shape index (κ3) is 2.45. The number of hydrogen-bond donors (Lipinski definition) is 2. The molecule has 0 saturated heterocycles. The van der Waals surface area contributed by atoms with Crippen LogP contribution in [0.2, 0.25) is 0 Å². The number of nitrogens with one attached hydrogen (secondary N) is 1. The molecule has 0 aliphatic heterocycles. The van der Waals surface area contributed by atoms with Gasteiger partial charge in [-0.1, -0.05) is 6.07 Å². The maximum absolute atomic E-state index is 13.2. The Labute approximate surface area is 81.6 Å². The molecule has 0 bridgehead atoms.